The largest absolute Gasteiger partial charge is 0.359 e. The molecule has 0 radical (unpaired) electrons. The van der Waals surface area contributed by atoms with Gasteiger partial charge >= 0.3 is 0 Å². The minimum absolute atomic E-state index is 0.106. The van der Waals surface area contributed by atoms with Gasteiger partial charge < -0.3 is 10.6 Å². The van der Waals surface area contributed by atoms with Crippen LogP contribution in [0.3, 0.4) is 0 Å². The van der Waals surface area contributed by atoms with Crippen LogP contribution in [0.4, 0.5) is 11.4 Å². The predicted octanol–water partition coefficient (Wildman–Crippen LogP) is 4.27. The van der Waals surface area contributed by atoms with Gasteiger partial charge in [0.15, 0.2) is 5.11 Å². The molecule has 0 aliphatic rings. The van der Waals surface area contributed by atoms with Crippen molar-refractivity contribution in [2.75, 3.05) is 16.6 Å². The molecular formula is C16H15Cl2N3O2S2. The molecule has 0 unspecified atom stereocenters. The fourth-order valence-electron chi connectivity index (χ4n) is 1.83. The fourth-order valence-corrected chi connectivity index (χ4v) is 3.38. The first-order valence-corrected chi connectivity index (χ1v) is 9.70. The topological polar surface area (TPSA) is 70.2 Å². The van der Waals surface area contributed by atoms with Crippen LogP contribution in [-0.2, 0) is 10.0 Å². The van der Waals surface area contributed by atoms with Gasteiger partial charge in [0, 0.05) is 12.2 Å². The highest BCUT2D eigenvalue weighted by Crippen LogP contribution is 2.26. The Balaban J connectivity index is 2.10. The van der Waals surface area contributed by atoms with Gasteiger partial charge in [0.2, 0.25) is 0 Å². The lowest BCUT2D eigenvalue weighted by Gasteiger charge is -2.11. The van der Waals surface area contributed by atoms with Crippen LogP contribution in [0.25, 0.3) is 0 Å². The first-order chi connectivity index (χ1) is 11.8. The highest BCUT2D eigenvalue weighted by molar-refractivity contribution is 7.92. The number of benzene rings is 2. The van der Waals surface area contributed by atoms with Crippen molar-refractivity contribution in [1.82, 2.24) is 5.32 Å². The molecular weight excluding hydrogens is 401 g/mol. The smallest absolute Gasteiger partial charge is 0.261 e. The molecule has 5 nitrogen and oxygen atoms in total. The van der Waals surface area contributed by atoms with E-state index in [1.807, 2.05) is 0 Å². The summed E-state index contributed by atoms with van der Waals surface area (Å²) < 4.78 is 27.3. The van der Waals surface area contributed by atoms with E-state index in [-0.39, 0.29) is 9.92 Å². The molecule has 0 saturated carbocycles. The summed E-state index contributed by atoms with van der Waals surface area (Å²) in [6.07, 6.45) is 1.68. The van der Waals surface area contributed by atoms with E-state index in [0.717, 1.165) is 0 Å². The highest BCUT2D eigenvalue weighted by atomic mass is 35.5. The molecule has 0 amide bonds. The first-order valence-electron chi connectivity index (χ1n) is 7.05. The zero-order chi connectivity index (χ0) is 18.4. The van der Waals surface area contributed by atoms with Crippen LogP contribution >= 0.6 is 35.4 Å². The van der Waals surface area contributed by atoms with E-state index in [4.69, 9.17) is 35.4 Å². The van der Waals surface area contributed by atoms with Crippen LogP contribution in [0.1, 0.15) is 0 Å². The lowest BCUT2D eigenvalue weighted by molar-refractivity contribution is 0.601. The van der Waals surface area contributed by atoms with Crippen LogP contribution in [0.15, 0.2) is 60.0 Å². The van der Waals surface area contributed by atoms with Gasteiger partial charge in [-0.05, 0) is 54.7 Å². The Labute approximate surface area is 162 Å². The van der Waals surface area contributed by atoms with E-state index in [1.165, 1.54) is 30.3 Å². The number of thiocarbonyl (C=S) groups is 1. The minimum Gasteiger partial charge on any atom is -0.359 e. The van der Waals surface area contributed by atoms with Gasteiger partial charge in [-0.25, -0.2) is 8.42 Å². The third-order valence-electron chi connectivity index (χ3n) is 3.00. The second-order valence-electron chi connectivity index (χ2n) is 4.88. The molecule has 0 atom stereocenters. The molecule has 0 aromatic heterocycles. The Morgan fingerprint density at radius 1 is 1.08 bits per heavy atom. The Kier molecular flexibility index (Phi) is 6.66. The van der Waals surface area contributed by atoms with Crippen LogP contribution in [-0.4, -0.2) is 20.1 Å². The first kappa shape index (κ1) is 19.5. The Hall–Kier alpha value is -1.80. The molecule has 0 aliphatic heterocycles. The second-order valence-corrected chi connectivity index (χ2v) is 7.79. The van der Waals surface area contributed by atoms with E-state index in [1.54, 1.807) is 18.2 Å². The van der Waals surface area contributed by atoms with E-state index in [2.05, 4.69) is 21.9 Å². The quantitative estimate of drug-likeness (QED) is 0.485. The molecule has 0 fully saturated rings. The Morgan fingerprint density at radius 2 is 1.72 bits per heavy atom. The van der Waals surface area contributed by atoms with Gasteiger partial charge in [-0.3, -0.25) is 4.72 Å². The molecule has 2 aromatic rings. The summed E-state index contributed by atoms with van der Waals surface area (Å²) in [6, 6.07) is 10.7. The molecule has 3 N–H and O–H groups in total. The van der Waals surface area contributed by atoms with Crippen LogP contribution in [0.5, 0.6) is 0 Å². The number of hydrogen-bond donors (Lipinski definition) is 3. The molecule has 2 aromatic carbocycles. The molecule has 2 rings (SSSR count). The average molecular weight is 416 g/mol. The van der Waals surface area contributed by atoms with Crippen molar-refractivity contribution in [3.05, 3.63) is 65.2 Å². The second kappa shape index (κ2) is 8.53. The molecule has 25 heavy (non-hydrogen) atoms. The van der Waals surface area contributed by atoms with E-state index in [0.29, 0.717) is 28.1 Å². The van der Waals surface area contributed by atoms with Crippen molar-refractivity contribution in [2.24, 2.45) is 0 Å². The number of sulfonamides is 1. The van der Waals surface area contributed by atoms with E-state index < -0.39 is 10.0 Å². The maximum Gasteiger partial charge on any atom is 0.261 e. The van der Waals surface area contributed by atoms with Crippen LogP contribution in [0.2, 0.25) is 10.0 Å². The van der Waals surface area contributed by atoms with E-state index in [9.17, 15) is 8.42 Å². The van der Waals surface area contributed by atoms with Crippen LogP contribution in [0, 0.1) is 0 Å². The average Bonchev–Trinajstić information content (AvgIpc) is 2.56. The fraction of sp³-hybridized carbons (Fsp3) is 0.0625. The van der Waals surface area contributed by atoms with Gasteiger partial charge in [-0.2, -0.15) is 0 Å². The number of nitrogens with one attached hydrogen (secondary N) is 3. The van der Waals surface area contributed by atoms with Crippen molar-refractivity contribution in [1.29, 1.82) is 0 Å². The minimum atomic E-state index is -3.74. The summed E-state index contributed by atoms with van der Waals surface area (Å²) in [6.45, 7) is 4.12. The monoisotopic (exact) mass is 415 g/mol. The maximum atomic E-state index is 12.4. The lowest BCUT2D eigenvalue weighted by Crippen LogP contribution is -2.28. The summed E-state index contributed by atoms with van der Waals surface area (Å²) in [4.78, 5) is 0.106. The number of halogens is 2. The zero-order valence-electron chi connectivity index (χ0n) is 12.9. The number of anilines is 2. The Bertz CT molecular complexity index is 885. The van der Waals surface area contributed by atoms with Crippen LogP contribution < -0.4 is 15.4 Å². The van der Waals surface area contributed by atoms with Crippen molar-refractivity contribution >= 4 is 61.9 Å². The van der Waals surface area contributed by atoms with E-state index >= 15 is 0 Å². The third kappa shape index (κ3) is 5.61. The predicted molar refractivity (Wildman–Crippen MR) is 108 cm³/mol. The third-order valence-corrected chi connectivity index (χ3v) is 5.38. The van der Waals surface area contributed by atoms with Crippen molar-refractivity contribution in [2.45, 2.75) is 4.90 Å². The number of rotatable bonds is 6. The summed E-state index contributed by atoms with van der Waals surface area (Å²) in [5.41, 5.74) is 0.987. The molecule has 132 valence electrons. The standard InChI is InChI=1S/C16H15Cl2N3O2S2/c1-2-9-19-16(24)20-11-3-6-13(7-4-11)25(22,23)21-12-5-8-14(17)15(18)10-12/h2-8,10,21H,1,9H2,(H2,19,20,24). The highest BCUT2D eigenvalue weighted by Gasteiger charge is 2.14. The molecule has 0 heterocycles. The summed E-state index contributed by atoms with van der Waals surface area (Å²) in [5, 5.41) is 6.90. The van der Waals surface area contributed by atoms with Gasteiger partial charge in [-0.1, -0.05) is 29.3 Å². The zero-order valence-corrected chi connectivity index (χ0v) is 16.1. The molecule has 0 aliphatic carbocycles. The van der Waals surface area contributed by atoms with Gasteiger partial charge in [0.05, 0.1) is 20.6 Å². The van der Waals surface area contributed by atoms with Gasteiger partial charge in [0.1, 0.15) is 0 Å². The number of hydrogen-bond acceptors (Lipinski definition) is 3. The Morgan fingerprint density at radius 3 is 2.32 bits per heavy atom. The van der Waals surface area contributed by atoms with Gasteiger partial charge in [0.25, 0.3) is 10.0 Å². The lowest BCUT2D eigenvalue weighted by atomic mass is 10.3. The maximum absolute atomic E-state index is 12.4. The van der Waals surface area contributed by atoms with Gasteiger partial charge in [-0.15, -0.1) is 6.58 Å². The molecule has 0 saturated heterocycles. The van der Waals surface area contributed by atoms with Crippen molar-refractivity contribution in [3.63, 3.8) is 0 Å². The molecule has 0 bridgehead atoms. The summed E-state index contributed by atoms with van der Waals surface area (Å²) in [5.74, 6) is 0. The summed E-state index contributed by atoms with van der Waals surface area (Å²) >= 11 is 16.8. The molecule has 9 heteroatoms. The van der Waals surface area contributed by atoms with Crippen molar-refractivity contribution < 1.29 is 8.42 Å². The summed E-state index contributed by atoms with van der Waals surface area (Å²) in [7, 11) is -3.74. The SMILES string of the molecule is C=CCNC(=S)Nc1ccc(S(=O)(=O)Nc2ccc(Cl)c(Cl)c2)cc1. The molecule has 0 spiro atoms. The van der Waals surface area contributed by atoms with Crippen molar-refractivity contribution in [3.8, 4) is 0 Å². The normalized spacial score (nSPS) is 10.8.